The van der Waals surface area contributed by atoms with Crippen molar-refractivity contribution < 1.29 is 4.39 Å². The Labute approximate surface area is 177 Å². The fourth-order valence-corrected chi connectivity index (χ4v) is 3.80. The third-order valence-corrected chi connectivity index (χ3v) is 5.33. The van der Waals surface area contributed by atoms with Crippen molar-refractivity contribution in [3.63, 3.8) is 0 Å². The number of hydrogen-bond donors (Lipinski definition) is 2. The molecule has 4 nitrogen and oxygen atoms in total. The summed E-state index contributed by atoms with van der Waals surface area (Å²) in [6, 6.07) is 12.5. The van der Waals surface area contributed by atoms with Crippen LogP contribution in [0.5, 0.6) is 0 Å². The molecule has 0 spiro atoms. The maximum absolute atomic E-state index is 14.0. The van der Waals surface area contributed by atoms with Gasteiger partial charge >= 0.3 is 0 Å². The number of nitrogens with one attached hydrogen (secondary N) is 2. The summed E-state index contributed by atoms with van der Waals surface area (Å²) in [6.45, 7) is 4.55. The van der Waals surface area contributed by atoms with Gasteiger partial charge in [0, 0.05) is 28.5 Å². The molecule has 146 valence electrons. The van der Waals surface area contributed by atoms with Crippen LogP contribution in [0, 0.1) is 5.82 Å². The molecular formula is C20H19Cl2FN4S. The van der Waals surface area contributed by atoms with E-state index in [9.17, 15) is 4.39 Å². The molecule has 0 saturated carbocycles. The predicted octanol–water partition coefficient (Wildman–Crippen LogP) is 6.78. The Morgan fingerprint density at radius 1 is 1.11 bits per heavy atom. The van der Waals surface area contributed by atoms with Crippen molar-refractivity contribution in [2.24, 2.45) is 0 Å². The van der Waals surface area contributed by atoms with Crippen LogP contribution in [0.4, 0.5) is 21.6 Å². The van der Waals surface area contributed by atoms with Crippen molar-refractivity contribution in [2.75, 3.05) is 10.6 Å². The third kappa shape index (κ3) is 5.28. The molecule has 0 aliphatic carbocycles. The monoisotopic (exact) mass is 436 g/mol. The quantitative estimate of drug-likeness (QED) is 0.315. The number of benzene rings is 2. The van der Waals surface area contributed by atoms with E-state index >= 15 is 0 Å². The Morgan fingerprint density at radius 2 is 1.89 bits per heavy atom. The van der Waals surface area contributed by atoms with E-state index in [2.05, 4.69) is 34.4 Å². The van der Waals surface area contributed by atoms with Gasteiger partial charge in [0.2, 0.25) is 5.28 Å². The highest BCUT2D eigenvalue weighted by Gasteiger charge is 2.12. The maximum Gasteiger partial charge on any atom is 0.224 e. The summed E-state index contributed by atoms with van der Waals surface area (Å²) in [5.74, 6) is 0.132. The topological polar surface area (TPSA) is 49.8 Å². The number of nitrogens with zero attached hydrogens (tertiary/aromatic N) is 2. The molecular weight excluding hydrogens is 418 g/mol. The lowest BCUT2D eigenvalue weighted by Crippen LogP contribution is -2.08. The van der Waals surface area contributed by atoms with Crippen molar-refractivity contribution >= 4 is 52.2 Å². The van der Waals surface area contributed by atoms with Crippen LogP contribution >= 0.6 is 35.0 Å². The number of halogens is 3. The zero-order chi connectivity index (χ0) is 20.1. The van der Waals surface area contributed by atoms with Crippen LogP contribution < -0.4 is 10.6 Å². The Balaban J connectivity index is 1.86. The van der Waals surface area contributed by atoms with Crippen LogP contribution in [-0.4, -0.2) is 15.2 Å². The first kappa shape index (κ1) is 20.7. The van der Waals surface area contributed by atoms with Gasteiger partial charge in [-0.15, -0.1) is 11.8 Å². The van der Waals surface area contributed by atoms with Crippen molar-refractivity contribution in [3.8, 4) is 0 Å². The summed E-state index contributed by atoms with van der Waals surface area (Å²) in [4.78, 5) is 9.47. The van der Waals surface area contributed by atoms with E-state index in [1.54, 1.807) is 30.1 Å². The number of rotatable bonds is 7. The second kappa shape index (κ2) is 9.45. The van der Waals surface area contributed by atoms with E-state index in [-0.39, 0.29) is 17.5 Å². The molecule has 1 heterocycles. The van der Waals surface area contributed by atoms with Crippen LogP contribution in [0.15, 0.2) is 53.6 Å². The molecule has 0 aliphatic heterocycles. The molecule has 3 aromatic rings. The average Bonchev–Trinajstić information content (AvgIpc) is 2.64. The van der Waals surface area contributed by atoms with Crippen LogP contribution in [-0.2, 0) is 6.54 Å². The molecule has 0 aliphatic rings. The molecule has 1 aromatic heterocycles. The number of para-hydroxylation sites is 2. The lowest BCUT2D eigenvalue weighted by Gasteiger charge is -2.16. The average molecular weight is 437 g/mol. The minimum atomic E-state index is -0.421. The highest BCUT2D eigenvalue weighted by atomic mass is 35.5. The Kier molecular flexibility index (Phi) is 6.99. The fourth-order valence-electron chi connectivity index (χ4n) is 2.53. The van der Waals surface area contributed by atoms with Crippen molar-refractivity contribution in [2.45, 2.75) is 30.5 Å². The van der Waals surface area contributed by atoms with Crippen molar-refractivity contribution in [1.82, 2.24) is 9.97 Å². The van der Waals surface area contributed by atoms with E-state index in [0.29, 0.717) is 16.1 Å². The van der Waals surface area contributed by atoms with E-state index in [1.807, 2.05) is 24.3 Å². The van der Waals surface area contributed by atoms with Gasteiger partial charge in [-0.25, -0.2) is 14.4 Å². The molecule has 0 bridgehead atoms. The van der Waals surface area contributed by atoms with E-state index in [1.165, 1.54) is 6.07 Å². The molecule has 0 radical (unpaired) electrons. The fraction of sp³-hybridized carbons (Fsp3) is 0.200. The minimum Gasteiger partial charge on any atom is -0.377 e. The van der Waals surface area contributed by atoms with Gasteiger partial charge < -0.3 is 10.6 Å². The van der Waals surface area contributed by atoms with E-state index in [0.717, 1.165) is 16.1 Å². The summed E-state index contributed by atoms with van der Waals surface area (Å²) >= 11 is 13.8. The van der Waals surface area contributed by atoms with E-state index < -0.39 is 5.82 Å². The lowest BCUT2D eigenvalue weighted by atomic mass is 10.2. The minimum absolute atomic E-state index is 0.129. The summed E-state index contributed by atoms with van der Waals surface area (Å²) in [7, 11) is 0. The van der Waals surface area contributed by atoms with Crippen LogP contribution in [0.25, 0.3) is 0 Å². The van der Waals surface area contributed by atoms with Gasteiger partial charge in [0.25, 0.3) is 0 Å². The molecule has 0 amide bonds. The van der Waals surface area contributed by atoms with E-state index in [4.69, 9.17) is 23.2 Å². The van der Waals surface area contributed by atoms with Gasteiger partial charge in [0.05, 0.1) is 16.4 Å². The normalized spacial score (nSPS) is 10.9. The predicted molar refractivity (Wildman–Crippen MR) is 116 cm³/mol. The number of hydrogen-bond acceptors (Lipinski definition) is 5. The lowest BCUT2D eigenvalue weighted by molar-refractivity contribution is 0.630. The van der Waals surface area contributed by atoms with Gasteiger partial charge in [-0.05, 0) is 35.9 Å². The number of thioether (sulfide) groups is 1. The maximum atomic E-state index is 14.0. The summed E-state index contributed by atoms with van der Waals surface area (Å²) < 4.78 is 14.0. The molecule has 0 unspecified atom stereocenters. The Morgan fingerprint density at radius 3 is 2.64 bits per heavy atom. The molecule has 8 heteroatoms. The van der Waals surface area contributed by atoms with Crippen LogP contribution in [0.2, 0.25) is 10.3 Å². The molecule has 0 saturated heterocycles. The van der Waals surface area contributed by atoms with Crippen LogP contribution in [0.1, 0.15) is 19.4 Å². The van der Waals surface area contributed by atoms with Crippen molar-refractivity contribution in [1.29, 1.82) is 0 Å². The first-order valence-corrected chi connectivity index (χ1v) is 10.3. The molecule has 0 atom stereocenters. The van der Waals surface area contributed by atoms with Gasteiger partial charge in [-0.3, -0.25) is 0 Å². The molecule has 2 aromatic carbocycles. The smallest absolute Gasteiger partial charge is 0.224 e. The standard InChI is InChI=1S/C20H19Cl2FN4S/c1-12(2)28-17-9-4-3-8-16(17)26-19-13(11-25-20(22)27-19)10-24-18-14(21)6-5-7-15(18)23/h3-9,11-12,24H,10H2,1-2H3,(H,25,26,27). The largest absolute Gasteiger partial charge is 0.377 e. The second-order valence-corrected chi connectivity index (χ2v) is 8.61. The number of anilines is 3. The highest BCUT2D eigenvalue weighted by Crippen LogP contribution is 2.33. The molecule has 28 heavy (non-hydrogen) atoms. The zero-order valence-corrected chi connectivity index (χ0v) is 17.7. The van der Waals surface area contributed by atoms with Crippen molar-refractivity contribution in [3.05, 3.63) is 70.3 Å². The van der Waals surface area contributed by atoms with Gasteiger partial charge in [0.15, 0.2) is 0 Å². The summed E-state index contributed by atoms with van der Waals surface area (Å²) in [5, 5.41) is 7.21. The summed E-state index contributed by atoms with van der Waals surface area (Å²) in [5.41, 5.74) is 1.88. The molecule has 0 fully saturated rings. The Bertz CT molecular complexity index is 948. The van der Waals surface area contributed by atoms with Crippen LogP contribution in [0.3, 0.4) is 0 Å². The first-order valence-electron chi connectivity index (χ1n) is 8.66. The molecule has 3 rings (SSSR count). The van der Waals surface area contributed by atoms with Gasteiger partial charge in [0.1, 0.15) is 11.6 Å². The van der Waals surface area contributed by atoms with Gasteiger partial charge in [-0.1, -0.05) is 43.6 Å². The third-order valence-electron chi connectivity index (χ3n) is 3.76. The first-order chi connectivity index (χ1) is 13.4. The SMILES string of the molecule is CC(C)Sc1ccccc1Nc1nc(Cl)ncc1CNc1c(F)cccc1Cl. The summed E-state index contributed by atoms with van der Waals surface area (Å²) in [6.07, 6.45) is 1.61. The zero-order valence-electron chi connectivity index (χ0n) is 15.3. The molecule has 2 N–H and O–H groups in total. The number of aromatic nitrogens is 2. The van der Waals surface area contributed by atoms with Gasteiger partial charge in [-0.2, -0.15) is 0 Å². The second-order valence-electron chi connectivity index (χ2n) is 6.25. The Hall–Kier alpha value is -2.02. The highest BCUT2D eigenvalue weighted by molar-refractivity contribution is 8.00.